The molecule has 246 valence electrons. The Morgan fingerprint density at radius 2 is 1.98 bits per heavy atom. The number of anilines is 1. The lowest BCUT2D eigenvalue weighted by Crippen LogP contribution is -2.45. The first-order valence-corrected chi connectivity index (χ1v) is 16.8. The van der Waals surface area contributed by atoms with Crippen LogP contribution in [0.2, 0.25) is 0 Å². The van der Waals surface area contributed by atoms with E-state index in [-0.39, 0.29) is 42.5 Å². The van der Waals surface area contributed by atoms with E-state index in [1.807, 2.05) is 41.5 Å². The highest BCUT2D eigenvalue weighted by molar-refractivity contribution is 7.11. The second-order valence-corrected chi connectivity index (χ2v) is 13.2. The number of nitrogens with zero attached hydrogens (tertiary/aromatic N) is 4. The van der Waals surface area contributed by atoms with Crippen LogP contribution in [0, 0.1) is 24.6 Å². The summed E-state index contributed by atoms with van der Waals surface area (Å²) in [5.41, 5.74) is 3.69. The SMILES string of the molecule is CCOC(=O)C1=C(CN2CC[C@@H]3C(=O)N(c4ccc(C(C)CC(=O)O)cc4)C[C@@H]3C2)NC(c2nccs2)=N[C@H]1c1cccc(F)c1C. The molecular weight excluding hydrogens is 621 g/mol. The number of ether oxygens (including phenoxy) is 1. The Kier molecular flexibility index (Phi) is 9.51. The molecule has 0 radical (unpaired) electrons. The zero-order chi connectivity index (χ0) is 33.2. The van der Waals surface area contributed by atoms with Crippen molar-refractivity contribution in [3.8, 4) is 0 Å². The van der Waals surface area contributed by atoms with Gasteiger partial charge in [0, 0.05) is 54.4 Å². The molecule has 0 spiro atoms. The third kappa shape index (κ3) is 6.70. The number of carboxylic acid groups (broad SMARTS) is 1. The van der Waals surface area contributed by atoms with E-state index < -0.39 is 18.0 Å². The fourth-order valence-electron chi connectivity index (χ4n) is 6.87. The van der Waals surface area contributed by atoms with Crippen molar-refractivity contribution in [3.63, 3.8) is 0 Å². The molecule has 1 amide bonds. The number of fused-ring (bicyclic) bond motifs is 1. The van der Waals surface area contributed by atoms with E-state index in [0.29, 0.717) is 65.8 Å². The quantitative estimate of drug-likeness (QED) is 0.290. The molecule has 1 aromatic heterocycles. The summed E-state index contributed by atoms with van der Waals surface area (Å²) < 4.78 is 20.3. The number of thiazole rings is 1. The Balaban J connectivity index is 1.26. The summed E-state index contributed by atoms with van der Waals surface area (Å²) in [6.07, 6.45) is 2.41. The van der Waals surface area contributed by atoms with Gasteiger partial charge in [-0.05, 0) is 67.6 Å². The molecule has 2 aromatic carbocycles. The van der Waals surface area contributed by atoms with Crippen molar-refractivity contribution in [1.29, 1.82) is 0 Å². The highest BCUT2D eigenvalue weighted by atomic mass is 32.1. The first kappa shape index (κ1) is 32.5. The number of aromatic nitrogens is 1. The number of benzene rings is 2. The van der Waals surface area contributed by atoms with Gasteiger partial charge in [0.2, 0.25) is 5.91 Å². The summed E-state index contributed by atoms with van der Waals surface area (Å²) in [7, 11) is 0. The van der Waals surface area contributed by atoms with Crippen LogP contribution in [0.4, 0.5) is 10.1 Å². The van der Waals surface area contributed by atoms with Crippen molar-refractivity contribution in [1.82, 2.24) is 15.2 Å². The molecule has 4 atom stereocenters. The van der Waals surface area contributed by atoms with Gasteiger partial charge in [0.05, 0.1) is 18.6 Å². The number of esters is 1. The van der Waals surface area contributed by atoms with E-state index in [1.54, 1.807) is 32.2 Å². The second kappa shape index (κ2) is 13.7. The molecule has 2 N–H and O–H groups in total. The molecule has 3 aliphatic rings. The molecule has 0 saturated carbocycles. The normalized spacial score (nSPS) is 22.0. The summed E-state index contributed by atoms with van der Waals surface area (Å²) in [6, 6.07) is 11.6. The first-order chi connectivity index (χ1) is 22.6. The maximum atomic E-state index is 14.8. The van der Waals surface area contributed by atoms with E-state index in [9.17, 15) is 18.8 Å². The second-order valence-electron chi connectivity index (χ2n) is 12.3. The number of piperidine rings is 1. The molecule has 10 nitrogen and oxygen atoms in total. The molecule has 1 unspecified atom stereocenters. The average Bonchev–Trinajstić information content (AvgIpc) is 3.70. The number of hydrogen-bond donors (Lipinski definition) is 2. The smallest absolute Gasteiger partial charge is 0.338 e. The standard InChI is InChI=1S/C35H38FN5O5S/c1-4-46-35(45)30-28(38-32(33-37-13-15-47-33)39-31(30)25-6-5-7-27(36)21(25)3)19-40-14-12-26-23(17-40)18-41(34(26)44)24-10-8-22(9-11-24)20(2)16-29(42)43/h5-11,13,15,20,23,26,31H,4,12,14,16-19H2,1-3H3,(H,38,39)(H,42,43)/t20?,23-,26-,31-/m0/s1. The highest BCUT2D eigenvalue weighted by Crippen LogP contribution is 2.38. The van der Waals surface area contributed by atoms with E-state index in [0.717, 1.165) is 11.3 Å². The van der Waals surface area contributed by atoms with Crippen LogP contribution >= 0.6 is 11.3 Å². The number of rotatable bonds is 10. The van der Waals surface area contributed by atoms with Crippen LogP contribution in [0.15, 0.2) is 70.3 Å². The number of aliphatic imine (C=N–C) groups is 1. The van der Waals surface area contributed by atoms with Gasteiger partial charge in [0.15, 0.2) is 10.8 Å². The monoisotopic (exact) mass is 659 g/mol. The Labute approximate surface area is 277 Å². The molecule has 3 aromatic rings. The largest absolute Gasteiger partial charge is 0.481 e. The zero-order valence-electron chi connectivity index (χ0n) is 26.6. The predicted octanol–water partition coefficient (Wildman–Crippen LogP) is 5.06. The number of carbonyl (C=O) groups excluding carboxylic acids is 2. The van der Waals surface area contributed by atoms with Crippen LogP contribution in [0.5, 0.6) is 0 Å². The van der Waals surface area contributed by atoms with Crippen LogP contribution in [-0.4, -0.2) is 71.5 Å². The Morgan fingerprint density at radius 1 is 1.19 bits per heavy atom. The molecule has 47 heavy (non-hydrogen) atoms. The van der Waals surface area contributed by atoms with E-state index >= 15 is 0 Å². The van der Waals surface area contributed by atoms with E-state index in [4.69, 9.17) is 14.8 Å². The lowest BCUT2D eigenvalue weighted by atomic mass is 9.87. The van der Waals surface area contributed by atoms with Gasteiger partial charge in [-0.25, -0.2) is 14.2 Å². The number of nitrogens with one attached hydrogen (secondary N) is 1. The minimum atomic E-state index is -0.843. The maximum absolute atomic E-state index is 14.8. The van der Waals surface area contributed by atoms with Gasteiger partial charge in [-0.1, -0.05) is 31.2 Å². The number of carboxylic acids is 1. The number of likely N-dealkylation sites (tertiary alicyclic amines) is 1. The minimum absolute atomic E-state index is 0.0465. The molecular formula is C35H38FN5O5S. The molecule has 12 heteroatoms. The lowest BCUT2D eigenvalue weighted by molar-refractivity contribution is -0.139. The number of amidine groups is 1. The van der Waals surface area contributed by atoms with Crippen molar-refractivity contribution >= 4 is 40.7 Å². The van der Waals surface area contributed by atoms with Crippen molar-refractivity contribution in [2.45, 2.75) is 45.6 Å². The fourth-order valence-corrected chi connectivity index (χ4v) is 7.46. The highest BCUT2D eigenvalue weighted by Gasteiger charge is 2.44. The van der Waals surface area contributed by atoms with Gasteiger partial charge in [0.1, 0.15) is 11.9 Å². The zero-order valence-corrected chi connectivity index (χ0v) is 27.4. The van der Waals surface area contributed by atoms with Crippen molar-refractivity contribution in [2.24, 2.45) is 16.8 Å². The molecule has 3 aliphatic heterocycles. The number of carbonyl (C=O) groups is 3. The molecule has 0 bridgehead atoms. The van der Waals surface area contributed by atoms with Crippen molar-refractivity contribution < 1.29 is 28.6 Å². The van der Waals surface area contributed by atoms with Crippen LogP contribution in [-0.2, 0) is 19.1 Å². The van der Waals surface area contributed by atoms with Crippen LogP contribution in [0.25, 0.3) is 0 Å². The molecule has 2 saturated heterocycles. The molecule has 6 rings (SSSR count). The lowest BCUT2D eigenvalue weighted by Gasteiger charge is -2.36. The average molecular weight is 660 g/mol. The number of halogens is 1. The summed E-state index contributed by atoms with van der Waals surface area (Å²) >= 11 is 1.42. The van der Waals surface area contributed by atoms with E-state index in [2.05, 4.69) is 15.2 Å². The summed E-state index contributed by atoms with van der Waals surface area (Å²) in [4.78, 5) is 51.7. The topological polar surface area (TPSA) is 124 Å². The first-order valence-electron chi connectivity index (χ1n) is 15.9. The number of hydrogen-bond acceptors (Lipinski definition) is 9. The summed E-state index contributed by atoms with van der Waals surface area (Å²) in [6.45, 7) is 7.75. The van der Waals surface area contributed by atoms with Crippen LogP contribution in [0.1, 0.15) is 60.3 Å². The molecule has 4 heterocycles. The Bertz CT molecular complexity index is 1720. The van der Waals surface area contributed by atoms with Gasteiger partial charge >= 0.3 is 11.9 Å². The fraction of sp³-hybridized carbons (Fsp3) is 0.400. The van der Waals surface area contributed by atoms with Gasteiger partial charge < -0.3 is 20.1 Å². The Morgan fingerprint density at radius 3 is 2.68 bits per heavy atom. The third-order valence-corrected chi connectivity index (χ3v) is 10.1. The number of amides is 1. The summed E-state index contributed by atoms with van der Waals surface area (Å²) in [5, 5.41) is 15.0. The van der Waals surface area contributed by atoms with E-state index in [1.165, 1.54) is 17.4 Å². The van der Waals surface area contributed by atoms with Crippen molar-refractivity contribution in [3.05, 3.63) is 92.8 Å². The van der Waals surface area contributed by atoms with Crippen LogP contribution in [0.3, 0.4) is 0 Å². The number of aliphatic carboxylic acids is 1. The molecule has 0 aliphatic carbocycles. The van der Waals surface area contributed by atoms with Gasteiger partial charge in [-0.3, -0.25) is 19.5 Å². The third-order valence-electron chi connectivity index (χ3n) is 9.32. The Hall–Kier alpha value is -4.42. The minimum Gasteiger partial charge on any atom is -0.481 e. The predicted molar refractivity (Wildman–Crippen MR) is 177 cm³/mol. The van der Waals surface area contributed by atoms with Gasteiger partial charge in [-0.15, -0.1) is 11.3 Å². The van der Waals surface area contributed by atoms with Crippen LogP contribution < -0.4 is 10.2 Å². The van der Waals surface area contributed by atoms with Gasteiger partial charge in [-0.2, -0.15) is 0 Å². The maximum Gasteiger partial charge on any atom is 0.338 e. The molecule has 2 fully saturated rings. The van der Waals surface area contributed by atoms with Crippen molar-refractivity contribution in [2.75, 3.05) is 37.7 Å². The van der Waals surface area contributed by atoms with Gasteiger partial charge in [0.25, 0.3) is 0 Å². The summed E-state index contributed by atoms with van der Waals surface area (Å²) in [5.74, 6) is -1.26.